The Labute approximate surface area is 85.1 Å². The Hall–Kier alpha value is -0.560. The molecule has 1 aromatic heterocycles. The van der Waals surface area contributed by atoms with Gasteiger partial charge in [-0.25, -0.2) is 0 Å². The van der Waals surface area contributed by atoms with Gasteiger partial charge in [-0.3, -0.25) is 4.98 Å². The lowest BCUT2D eigenvalue weighted by Gasteiger charge is -2.19. The molecule has 0 aliphatic carbocycles. The van der Waals surface area contributed by atoms with Crippen LogP contribution >= 0.6 is 11.6 Å². The first kappa shape index (κ1) is 10.5. The molecule has 0 radical (unpaired) electrons. The summed E-state index contributed by atoms with van der Waals surface area (Å²) in [6.45, 7) is 10.4. The normalized spacial score (nSPS) is 11.8. The molecule has 0 aromatic carbocycles. The Morgan fingerprint density at radius 3 is 2.15 bits per heavy atom. The van der Waals surface area contributed by atoms with E-state index in [0.29, 0.717) is 0 Å². The number of aryl methyl sites for hydroxylation is 2. The highest BCUT2D eigenvalue weighted by molar-refractivity contribution is 6.31. The van der Waals surface area contributed by atoms with E-state index in [2.05, 4.69) is 31.8 Å². The summed E-state index contributed by atoms with van der Waals surface area (Å²) in [5.74, 6) is 0. The van der Waals surface area contributed by atoms with Gasteiger partial charge in [0.15, 0.2) is 0 Å². The summed E-state index contributed by atoms with van der Waals surface area (Å²) in [5, 5.41) is 0.785. The predicted octanol–water partition coefficient (Wildman–Crippen LogP) is 3.65. The molecule has 72 valence electrons. The highest BCUT2D eigenvalue weighted by atomic mass is 35.5. The minimum Gasteiger partial charge on any atom is -0.256 e. The maximum atomic E-state index is 6.04. The van der Waals surface area contributed by atoms with Gasteiger partial charge in [-0.1, -0.05) is 32.4 Å². The van der Waals surface area contributed by atoms with E-state index in [9.17, 15) is 0 Å². The topological polar surface area (TPSA) is 12.9 Å². The summed E-state index contributed by atoms with van der Waals surface area (Å²) in [5.41, 5.74) is 3.23. The van der Waals surface area contributed by atoms with Crippen LogP contribution in [0.2, 0.25) is 5.02 Å². The number of halogens is 1. The average Bonchev–Trinajstić information content (AvgIpc) is 1.97. The zero-order valence-corrected chi connectivity index (χ0v) is 9.66. The van der Waals surface area contributed by atoms with Crippen LogP contribution in [-0.4, -0.2) is 4.98 Å². The van der Waals surface area contributed by atoms with E-state index in [4.69, 9.17) is 11.6 Å². The van der Waals surface area contributed by atoms with Crippen LogP contribution in [0, 0.1) is 13.8 Å². The molecule has 0 bridgehead atoms. The van der Waals surface area contributed by atoms with Crippen LogP contribution in [0.3, 0.4) is 0 Å². The molecule has 1 nitrogen and oxygen atoms in total. The monoisotopic (exact) mass is 197 g/mol. The first-order chi connectivity index (χ1) is 5.82. The highest BCUT2D eigenvalue weighted by Gasteiger charge is 2.17. The van der Waals surface area contributed by atoms with Gasteiger partial charge in [0.05, 0.1) is 10.7 Å². The predicted molar refractivity (Wildman–Crippen MR) is 57.4 cm³/mol. The van der Waals surface area contributed by atoms with E-state index in [1.165, 1.54) is 0 Å². The first-order valence-electron chi connectivity index (χ1n) is 4.46. The van der Waals surface area contributed by atoms with Crippen LogP contribution in [0.1, 0.15) is 37.7 Å². The zero-order chi connectivity index (χ0) is 10.2. The molecular weight excluding hydrogens is 182 g/mol. The van der Waals surface area contributed by atoms with E-state index in [0.717, 1.165) is 22.0 Å². The molecule has 0 N–H and O–H groups in total. The van der Waals surface area contributed by atoms with Gasteiger partial charge in [0.1, 0.15) is 0 Å². The van der Waals surface area contributed by atoms with Crippen molar-refractivity contribution in [1.29, 1.82) is 0 Å². The number of pyridine rings is 1. The Balaban J connectivity index is 3.29. The second-order valence-corrected chi connectivity index (χ2v) is 4.85. The summed E-state index contributed by atoms with van der Waals surface area (Å²) >= 11 is 6.04. The van der Waals surface area contributed by atoms with E-state index in [1.807, 2.05) is 13.8 Å². The summed E-state index contributed by atoms with van der Waals surface area (Å²) in [7, 11) is 0. The van der Waals surface area contributed by atoms with Gasteiger partial charge in [0, 0.05) is 11.1 Å². The Bertz CT molecular complexity index is 300. The molecule has 13 heavy (non-hydrogen) atoms. The third-order valence-corrected chi connectivity index (χ3v) is 2.65. The van der Waals surface area contributed by atoms with Crippen LogP contribution in [-0.2, 0) is 5.41 Å². The van der Waals surface area contributed by atoms with Crippen LogP contribution in [0.5, 0.6) is 0 Å². The van der Waals surface area contributed by atoms with E-state index in [-0.39, 0.29) is 5.41 Å². The lowest BCUT2D eigenvalue weighted by molar-refractivity contribution is 0.566. The van der Waals surface area contributed by atoms with Crippen molar-refractivity contribution in [3.63, 3.8) is 0 Å². The van der Waals surface area contributed by atoms with Crippen molar-refractivity contribution >= 4 is 11.6 Å². The van der Waals surface area contributed by atoms with Crippen LogP contribution in [0.25, 0.3) is 0 Å². The number of rotatable bonds is 0. The third kappa shape index (κ3) is 2.22. The van der Waals surface area contributed by atoms with E-state index >= 15 is 0 Å². The van der Waals surface area contributed by atoms with Crippen molar-refractivity contribution in [2.75, 3.05) is 0 Å². The molecule has 1 rings (SSSR count). The SMILES string of the molecule is Cc1cc(C(C)(C)C)nc(C)c1Cl. The molecule has 0 unspecified atom stereocenters. The maximum Gasteiger partial charge on any atom is 0.0647 e. The van der Waals surface area contributed by atoms with Crippen LogP contribution in [0.4, 0.5) is 0 Å². The molecule has 0 spiro atoms. The average molecular weight is 198 g/mol. The minimum absolute atomic E-state index is 0.0973. The van der Waals surface area contributed by atoms with Gasteiger partial charge >= 0.3 is 0 Å². The zero-order valence-electron chi connectivity index (χ0n) is 8.90. The molecule has 2 heteroatoms. The number of nitrogens with zero attached hydrogens (tertiary/aromatic N) is 1. The molecule has 0 aliphatic rings. The van der Waals surface area contributed by atoms with Crippen LogP contribution < -0.4 is 0 Å². The fraction of sp³-hybridized carbons (Fsp3) is 0.545. The molecule has 0 atom stereocenters. The fourth-order valence-electron chi connectivity index (χ4n) is 1.20. The number of hydrogen-bond donors (Lipinski definition) is 0. The van der Waals surface area contributed by atoms with Crippen molar-refractivity contribution < 1.29 is 0 Å². The largest absolute Gasteiger partial charge is 0.256 e. The van der Waals surface area contributed by atoms with E-state index in [1.54, 1.807) is 0 Å². The molecule has 0 saturated carbocycles. The standard InChI is InChI=1S/C11H16ClN/c1-7-6-9(11(3,4)5)13-8(2)10(7)12/h6H,1-5H3. The first-order valence-corrected chi connectivity index (χ1v) is 4.84. The van der Waals surface area contributed by atoms with Gasteiger partial charge in [-0.05, 0) is 25.5 Å². The third-order valence-electron chi connectivity index (χ3n) is 2.07. The second kappa shape index (κ2) is 3.30. The van der Waals surface area contributed by atoms with Gasteiger partial charge in [0.25, 0.3) is 0 Å². The maximum absolute atomic E-state index is 6.04. The quantitative estimate of drug-likeness (QED) is 0.619. The van der Waals surface area contributed by atoms with Gasteiger partial charge < -0.3 is 0 Å². The van der Waals surface area contributed by atoms with Crippen LogP contribution in [0.15, 0.2) is 6.07 Å². The summed E-state index contributed by atoms with van der Waals surface area (Å²) in [6, 6.07) is 2.06. The Kier molecular flexibility index (Phi) is 2.67. The molecule has 0 saturated heterocycles. The Morgan fingerprint density at radius 1 is 1.23 bits per heavy atom. The van der Waals surface area contributed by atoms with Crippen molar-refractivity contribution in [1.82, 2.24) is 4.98 Å². The van der Waals surface area contributed by atoms with E-state index < -0.39 is 0 Å². The lowest BCUT2D eigenvalue weighted by Crippen LogP contribution is -2.14. The molecule has 0 amide bonds. The minimum atomic E-state index is 0.0973. The molecule has 0 aliphatic heterocycles. The molecule has 1 aromatic rings. The van der Waals surface area contributed by atoms with Gasteiger partial charge in [-0.15, -0.1) is 0 Å². The summed E-state index contributed by atoms with van der Waals surface area (Å²) < 4.78 is 0. The molecule has 1 heterocycles. The second-order valence-electron chi connectivity index (χ2n) is 4.47. The molecule has 0 fully saturated rings. The number of hydrogen-bond acceptors (Lipinski definition) is 1. The highest BCUT2D eigenvalue weighted by Crippen LogP contribution is 2.26. The lowest BCUT2D eigenvalue weighted by atomic mass is 9.90. The fourth-order valence-corrected chi connectivity index (χ4v) is 1.30. The Morgan fingerprint density at radius 2 is 1.77 bits per heavy atom. The number of aromatic nitrogens is 1. The van der Waals surface area contributed by atoms with Crippen molar-refractivity contribution in [2.45, 2.75) is 40.0 Å². The molecular formula is C11H16ClN. The summed E-state index contributed by atoms with van der Waals surface area (Å²) in [4.78, 5) is 4.47. The van der Waals surface area contributed by atoms with Crippen molar-refractivity contribution in [2.24, 2.45) is 0 Å². The van der Waals surface area contributed by atoms with Gasteiger partial charge in [0.2, 0.25) is 0 Å². The van der Waals surface area contributed by atoms with Crippen molar-refractivity contribution in [3.8, 4) is 0 Å². The smallest absolute Gasteiger partial charge is 0.0647 e. The van der Waals surface area contributed by atoms with Gasteiger partial charge in [-0.2, -0.15) is 0 Å². The summed E-state index contributed by atoms with van der Waals surface area (Å²) in [6.07, 6.45) is 0. The van der Waals surface area contributed by atoms with Crippen molar-refractivity contribution in [3.05, 3.63) is 28.0 Å².